The van der Waals surface area contributed by atoms with Crippen LogP contribution in [0.5, 0.6) is 5.75 Å². The predicted molar refractivity (Wildman–Crippen MR) is 158 cm³/mol. The van der Waals surface area contributed by atoms with Gasteiger partial charge in [-0.25, -0.2) is 0 Å². The Morgan fingerprint density at radius 2 is 1.28 bits per heavy atom. The van der Waals surface area contributed by atoms with E-state index in [1.165, 1.54) is 16.0 Å². The van der Waals surface area contributed by atoms with Crippen LogP contribution in [0.2, 0.25) is 19.6 Å². The standard InChI is InChI=1S/C26H49O6P2SSi/c1-14-26(15-2,31-34(29)32-33(27)28)35(16-3,17-4)20-18-21(24(5,6)7)23(30-36(11,12)13)22(19-20)25(8,9)10/h18-19H,14-17H2,1-13H3/q+1/p+1. The summed E-state index contributed by atoms with van der Waals surface area (Å²) in [5.41, 5.74) is 2.02. The van der Waals surface area contributed by atoms with E-state index in [1.807, 2.05) is 13.8 Å². The first kappa shape index (κ1) is 33.7. The summed E-state index contributed by atoms with van der Waals surface area (Å²) < 4.78 is 41.6. The lowest BCUT2D eigenvalue weighted by molar-refractivity contribution is 0.144. The number of hydrogen-bond donors (Lipinski definition) is 1. The fourth-order valence-corrected chi connectivity index (χ4v) is 11.9. The van der Waals surface area contributed by atoms with Gasteiger partial charge in [0.15, 0.2) is 9.24 Å². The Balaban J connectivity index is 4.15. The van der Waals surface area contributed by atoms with Gasteiger partial charge in [-0.3, -0.25) is 0 Å². The van der Waals surface area contributed by atoms with Crippen LogP contribution in [0.4, 0.5) is 0 Å². The summed E-state index contributed by atoms with van der Waals surface area (Å²) in [5, 5.41) is 0. The molecule has 1 aromatic rings. The highest BCUT2D eigenvalue weighted by Crippen LogP contribution is 2.70. The summed E-state index contributed by atoms with van der Waals surface area (Å²) in [6.45, 7) is 28.4. The van der Waals surface area contributed by atoms with Crippen molar-refractivity contribution in [1.82, 2.24) is 0 Å². The van der Waals surface area contributed by atoms with E-state index >= 15 is 0 Å². The van der Waals surface area contributed by atoms with Gasteiger partial charge in [-0.2, -0.15) is 10.0 Å². The molecule has 0 heterocycles. The van der Waals surface area contributed by atoms with Crippen molar-refractivity contribution in [2.24, 2.45) is 0 Å². The van der Waals surface area contributed by atoms with Gasteiger partial charge in [-0.05, 0) is 83.0 Å². The number of hydrogen-bond acceptors (Lipinski definition) is 5. The van der Waals surface area contributed by atoms with Crippen LogP contribution in [0.1, 0.15) is 93.2 Å². The predicted octanol–water partition coefficient (Wildman–Crippen LogP) is 9.56. The molecule has 0 saturated heterocycles. The van der Waals surface area contributed by atoms with Gasteiger partial charge in [0.05, 0.1) is 0 Å². The van der Waals surface area contributed by atoms with Gasteiger partial charge in [0.25, 0.3) is 0 Å². The van der Waals surface area contributed by atoms with Crippen molar-refractivity contribution >= 4 is 34.9 Å². The molecule has 208 valence electrons. The summed E-state index contributed by atoms with van der Waals surface area (Å²) >= 11 is 0. The largest absolute Gasteiger partial charge is 0.749 e. The van der Waals surface area contributed by atoms with E-state index in [0.29, 0.717) is 12.8 Å². The van der Waals surface area contributed by atoms with Gasteiger partial charge in [-0.15, -0.1) is 4.89 Å². The topological polar surface area (TPSA) is 82.1 Å². The van der Waals surface area contributed by atoms with E-state index in [0.717, 1.165) is 17.3 Å². The molecule has 0 aliphatic carbocycles. The third-order valence-corrected chi connectivity index (χ3v) is 14.4. The van der Waals surface area contributed by atoms with Crippen LogP contribution in [-0.2, 0) is 28.8 Å². The van der Waals surface area contributed by atoms with E-state index in [4.69, 9.17) is 13.3 Å². The fourth-order valence-electron chi connectivity index (χ4n) is 4.85. The maximum Gasteiger partial charge on any atom is 0.749 e. The lowest BCUT2D eigenvalue weighted by atomic mass is 9.79. The summed E-state index contributed by atoms with van der Waals surface area (Å²) in [7, 11) is -9.40. The molecule has 1 N–H and O–H groups in total. The summed E-state index contributed by atoms with van der Waals surface area (Å²) in [5.74, 6) is 2.63. The molecule has 1 aromatic carbocycles. The number of rotatable bonds is 12. The summed E-state index contributed by atoms with van der Waals surface area (Å²) in [4.78, 5) is 9.62. The summed E-state index contributed by atoms with van der Waals surface area (Å²) in [6, 6.07) is 4.61. The molecule has 0 aliphatic rings. The highest BCUT2D eigenvalue weighted by molar-refractivity contribution is 8.34. The Labute approximate surface area is 224 Å². The molecule has 6 nitrogen and oxygen atoms in total. The molecule has 0 saturated carbocycles. The van der Waals surface area contributed by atoms with E-state index in [2.05, 4.69) is 87.2 Å². The lowest BCUT2D eigenvalue weighted by Gasteiger charge is -2.51. The van der Waals surface area contributed by atoms with Crippen molar-refractivity contribution < 1.29 is 27.3 Å². The van der Waals surface area contributed by atoms with E-state index < -0.39 is 39.8 Å². The van der Waals surface area contributed by atoms with Crippen molar-refractivity contribution in [2.45, 2.75) is 122 Å². The van der Waals surface area contributed by atoms with Crippen LogP contribution >= 0.6 is 26.5 Å². The second-order valence-corrected chi connectivity index (χ2v) is 22.6. The minimum absolute atomic E-state index is 0.164. The molecule has 36 heavy (non-hydrogen) atoms. The van der Waals surface area contributed by atoms with Crippen LogP contribution in [0, 0.1) is 0 Å². The highest BCUT2D eigenvalue weighted by Gasteiger charge is 2.55. The molecule has 0 fully saturated rings. The van der Waals surface area contributed by atoms with Crippen LogP contribution < -0.4 is 4.43 Å². The Bertz CT molecular complexity index is 904. The number of benzene rings is 1. The van der Waals surface area contributed by atoms with Gasteiger partial charge in [0.2, 0.25) is 8.32 Å². The second-order valence-electron chi connectivity index (χ2n) is 12.3. The SMILES string of the molecule is CCC(CC)(O[P+](=O)O[P+](=O)O)S(CC)(CC)c1cc(C(C)(C)C)c(O[Si](C)(C)C)c(C(C)(C)C)c1. The smallest absolute Gasteiger partial charge is 0.544 e. The Morgan fingerprint density at radius 1 is 0.861 bits per heavy atom. The van der Waals surface area contributed by atoms with E-state index in [-0.39, 0.29) is 10.8 Å². The lowest BCUT2D eigenvalue weighted by Crippen LogP contribution is -2.39. The minimum Gasteiger partial charge on any atom is -0.544 e. The van der Waals surface area contributed by atoms with Crippen molar-refractivity contribution in [3.8, 4) is 5.75 Å². The zero-order chi connectivity index (χ0) is 28.3. The van der Waals surface area contributed by atoms with Gasteiger partial charge in [-0.1, -0.05) is 73.8 Å². The summed E-state index contributed by atoms with van der Waals surface area (Å²) in [6.07, 6.45) is 1.21. The first-order valence-electron chi connectivity index (χ1n) is 12.9. The second kappa shape index (κ2) is 12.2. The molecule has 0 aromatic heterocycles. The Hall–Kier alpha value is -0.333. The Morgan fingerprint density at radius 3 is 1.56 bits per heavy atom. The van der Waals surface area contributed by atoms with Crippen molar-refractivity contribution in [2.75, 3.05) is 11.5 Å². The fraction of sp³-hybridized carbons (Fsp3) is 0.769. The van der Waals surface area contributed by atoms with E-state index in [1.54, 1.807) is 0 Å². The van der Waals surface area contributed by atoms with Crippen LogP contribution in [0.15, 0.2) is 17.0 Å². The highest BCUT2D eigenvalue weighted by atomic mass is 32.3. The average molecular weight is 581 g/mol. The van der Waals surface area contributed by atoms with Crippen LogP contribution in [0.25, 0.3) is 0 Å². The zero-order valence-electron chi connectivity index (χ0n) is 24.8. The van der Waals surface area contributed by atoms with Gasteiger partial charge in [0, 0.05) is 9.13 Å². The molecule has 2 atom stereocenters. The van der Waals surface area contributed by atoms with Crippen LogP contribution in [0.3, 0.4) is 0 Å². The van der Waals surface area contributed by atoms with Crippen molar-refractivity contribution in [3.63, 3.8) is 0 Å². The third-order valence-electron chi connectivity index (χ3n) is 6.69. The van der Waals surface area contributed by atoms with Crippen molar-refractivity contribution in [1.29, 1.82) is 0 Å². The molecule has 2 unspecified atom stereocenters. The van der Waals surface area contributed by atoms with E-state index in [9.17, 15) is 14.0 Å². The monoisotopic (exact) mass is 580 g/mol. The molecule has 0 spiro atoms. The quantitative estimate of drug-likeness (QED) is 0.196. The van der Waals surface area contributed by atoms with Gasteiger partial charge < -0.3 is 4.43 Å². The maximum atomic E-state index is 12.7. The van der Waals surface area contributed by atoms with Gasteiger partial charge >= 0.3 is 16.5 Å². The molecular weight excluding hydrogens is 530 g/mol. The molecule has 1 rings (SSSR count). The average Bonchev–Trinajstić information content (AvgIpc) is 2.71. The third kappa shape index (κ3) is 7.62. The van der Waals surface area contributed by atoms with Crippen molar-refractivity contribution in [3.05, 3.63) is 23.3 Å². The maximum absolute atomic E-state index is 12.7. The van der Waals surface area contributed by atoms with Gasteiger partial charge in [0.1, 0.15) is 5.75 Å². The molecule has 10 heteroatoms. The molecule has 0 bridgehead atoms. The van der Waals surface area contributed by atoms with Crippen LogP contribution in [-0.4, -0.2) is 29.6 Å². The molecular formula is C26H50O6P2SSi+2. The minimum atomic E-state index is -3.02. The first-order valence-corrected chi connectivity index (χ1v) is 20.5. The molecule has 0 aliphatic heterocycles. The molecule has 0 amide bonds. The zero-order valence-corrected chi connectivity index (χ0v) is 28.4. The Kier molecular flexibility index (Phi) is 11.5. The first-order chi connectivity index (χ1) is 16.2. The normalized spacial score (nSPS) is 15.1. The molecule has 0 radical (unpaired) electrons.